The van der Waals surface area contributed by atoms with E-state index in [0.717, 1.165) is 26.1 Å². The summed E-state index contributed by atoms with van der Waals surface area (Å²) in [5.74, 6) is 0.436. The van der Waals surface area contributed by atoms with E-state index in [1.807, 2.05) is 11.0 Å². The van der Waals surface area contributed by atoms with Gasteiger partial charge in [-0.05, 0) is 23.1 Å². The average molecular weight is 361 g/mol. The molecule has 2 aromatic carbocycles. The highest BCUT2D eigenvalue weighted by molar-refractivity contribution is 5.77. The highest BCUT2D eigenvalue weighted by Gasteiger charge is 2.53. The van der Waals surface area contributed by atoms with Crippen molar-refractivity contribution in [1.82, 2.24) is 15.5 Å². The molecule has 27 heavy (non-hydrogen) atoms. The summed E-state index contributed by atoms with van der Waals surface area (Å²) in [7, 11) is 0. The maximum absolute atomic E-state index is 12.4. The Morgan fingerprint density at radius 2 is 1.67 bits per heavy atom. The van der Waals surface area contributed by atoms with Crippen molar-refractivity contribution in [3.8, 4) is 0 Å². The molecular formula is C23H27N3O. The van der Waals surface area contributed by atoms with Gasteiger partial charge in [0.25, 0.3) is 0 Å². The molecule has 2 bridgehead atoms. The molecule has 4 nitrogen and oxygen atoms in total. The van der Waals surface area contributed by atoms with E-state index in [9.17, 15) is 4.79 Å². The molecule has 1 unspecified atom stereocenters. The van der Waals surface area contributed by atoms with E-state index in [0.29, 0.717) is 5.92 Å². The first kappa shape index (κ1) is 17.8. The highest BCUT2D eigenvalue weighted by Crippen LogP contribution is 2.42. The van der Waals surface area contributed by atoms with Gasteiger partial charge in [0.15, 0.2) is 0 Å². The molecule has 2 N–H and O–H groups in total. The molecular weight excluding hydrogens is 334 g/mol. The van der Waals surface area contributed by atoms with Gasteiger partial charge in [0.05, 0.1) is 12.1 Å². The quantitative estimate of drug-likeness (QED) is 0.797. The number of fused-ring (bicyclic) bond motifs is 2. The zero-order valence-corrected chi connectivity index (χ0v) is 15.8. The smallest absolute Gasteiger partial charge is 0.318 e. The van der Waals surface area contributed by atoms with E-state index in [2.05, 4.69) is 78.2 Å². The van der Waals surface area contributed by atoms with Crippen molar-refractivity contribution in [3.05, 3.63) is 71.3 Å². The third-order valence-electron chi connectivity index (χ3n) is 5.60. The maximum Gasteiger partial charge on any atom is 0.318 e. The number of nitrogens with zero attached hydrogens (tertiary/aromatic N) is 1. The van der Waals surface area contributed by atoms with Crippen molar-refractivity contribution < 1.29 is 4.79 Å². The van der Waals surface area contributed by atoms with E-state index in [-0.39, 0.29) is 18.1 Å². The molecule has 140 valence electrons. The highest BCUT2D eigenvalue weighted by atomic mass is 16.2. The molecule has 4 heteroatoms. The van der Waals surface area contributed by atoms with Crippen LogP contribution < -0.4 is 10.6 Å². The van der Waals surface area contributed by atoms with Gasteiger partial charge < -0.3 is 15.5 Å². The molecule has 2 heterocycles. The second-order valence-corrected chi connectivity index (χ2v) is 7.37. The molecule has 4 rings (SSSR count). The number of carbonyl (C=O) groups is 1. The lowest BCUT2D eigenvalue weighted by Gasteiger charge is -2.59. The fraction of sp³-hybridized carbons (Fsp3) is 0.348. The minimum absolute atomic E-state index is 0.0898. The number of benzene rings is 2. The van der Waals surface area contributed by atoms with E-state index < -0.39 is 0 Å². The van der Waals surface area contributed by atoms with Crippen LogP contribution in [0.3, 0.4) is 0 Å². The topological polar surface area (TPSA) is 44.4 Å². The fourth-order valence-electron chi connectivity index (χ4n) is 4.23. The van der Waals surface area contributed by atoms with Gasteiger partial charge in [0.2, 0.25) is 0 Å². The zero-order chi connectivity index (χ0) is 18.6. The SMILES string of the molecule is CCCNC(=O)N1[C@@H]2CNC[C@H]1C2c1ccc(/C=C/c2ccccc2)cc1. The number of carbonyl (C=O) groups excluding carboxylic acids is 1. The van der Waals surface area contributed by atoms with Crippen molar-refractivity contribution in [2.75, 3.05) is 19.6 Å². The second kappa shape index (κ2) is 7.97. The zero-order valence-electron chi connectivity index (χ0n) is 15.8. The van der Waals surface area contributed by atoms with Crippen LogP contribution >= 0.6 is 0 Å². The van der Waals surface area contributed by atoms with Crippen LogP contribution in [0.2, 0.25) is 0 Å². The number of piperazine rings is 1. The number of hydrogen-bond donors (Lipinski definition) is 2. The van der Waals surface area contributed by atoms with E-state index in [4.69, 9.17) is 0 Å². The molecule has 0 aliphatic carbocycles. The molecule has 0 radical (unpaired) electrons. The van der Waals surface area contributed by atoms with Gasteiger partial charge in [-0.1, -0.05) is 73.7 Å². The first-order chi connectivity index (χ1) is 13.3. The number of rotatable bonds is 5. The summed E-state index contributed by atoms with van der Waals surface area (Å²) in [5.41, 5.74) is 3.74. The molecule has 0 aromatic heterocycles. The minimum atomic E-state index is 0.0898. The Bertz CT molecular complexity index is 788. The van der Waals surface area contributed by atoms with Gasteiger partial charge in [-0.2, -0.15) is 0 Å². The van der Waals surface area contributed by atoms with Crippen LogP contribution in [0.4, 0.5) is 4.79 Å². The number of piperidine rings is 1. The molecule has 2 fully saturated rings. The Morgan fingerprint density at radius 1 is 1.04 bits per heavy atom. The van der Waals surface area contributed by atoms with E-state index in [1.165, 1.54) is 16.7 Å². The lowest BCUT2D eigenvalue weighted by molar-refractivity contribution is -0.00342. The normalized spacial score (nSPS) is 23.9. The maximum atomic E-state index is 12.4. The molecule has 2 aliphatic heterocycles. The van der Waals surface area contributed by atoms with Crippen LogP contribution in [0.5, 0.6) is 0 Å². The summed E-state index contributed by atoms with van der Waals surface area (Å²) in [5, 5.41) is 6.47. The van der Waals surface area contributed by atoms with Crippen LogP contribution in [-0.4, -0.2) is 42.6 Å². The van der Waals surface area contributed by atoms with Crippen molar-refractivity contribution in [1.29, 1.82) is 0 Å². The van der Waals surface area contributed by atoms with Crippen LogP contribution in [0.25, 0.3) is 12.2 Å². The van der Waals surface area contributed by atoms with Crippen LogP contribution in [-0.2, 0) is 0 Å². The summed E-state index contributed by atoms with van der Waals surface area (Å²) >= 11 is 0. The Hall–Kier alpha value is -2.59. The summed E-state index contributed by atoms with van der Waals surface area (Å²) in [6, 6.07) is 19.7. The van der Waals surface area contributed by atoms with Crippen molar-refractivity contribution in [2.45, 2.75) is 31.3 Å². The second-order valence-electron chi connectivity index (χ2n) is 7.37. The summed E-state index contributed by atoms with van der Waals surface area (Å²) in [6.45, 7) is 4.57. The standard InChI is InChI=1S/C23H27N3O/c1-2-14-25-23(27)26-20-15-24-16-21(26)22(20)19-12-10-18(11-13-19)9-8-17-6-4-3-5-7-17/h3-13,20-22,24H,2,14-16H2,1H3,(H,25,27)/b9-8+/t20-,21+,22?. The molecule has 0 spiro atoms. The first-order valence-electron chi connectivity index (χ1n) is 9.88. The Labute approximate surface area is 161 Å². The lowest BCUT2D eigenvalue weighted by Crippen LogP contribution is -2.75. The number of hydrogen-bond acceptors (Lipinski definition) is 2. The average Bonchev–Trinajstić information content (AvgIpc) is 2.73. The van der Waals surface area contributed by atoms with Crippen molar-refractivity contribution in [2.24, 2.45) is 0 Å². The van der Waals surface area contributed by atoms with Gasteiger partial charge in [-0.15, -0.1) is 0 Å². The summed E-state index contributed by atoms with van der Waals surface area (Å²) in [4.78, 5) is 14.5. The van der Waals surface area contributed by atoms with Crippen LogP contribution in [0.15, 0.2) is 54.6 Å². The van der Waals surface area contributed by atoms with Crippen molar-refractivity contribution in [3.63, 3.8) is 0 Å². The monoisotopic (exact) mass is 361 g/mol. The number of amides is 2. The van der Waals surface area contributed by atoms with Gasteiger partial charge in [-0.25, -0.2) is 4.79 Å². The first-order valence-corrected chi connectivity index (χ1v) is 9.88. The van der Waals surface area contributed by atoms with Gasteiger partial charge >= 0.3 is 6.03 Å². The van der Waals surface area contributed by atoms with Crippen LogP contribution in [0.1, 0.15) is 36.0 Å². The molecule has 2 amide bonds. The van der Waals surface area contributed by atoms with E-state index in [1.54, 1.807) is 0 Å². The van der Waals surface area contributed by atoms with Crippen molar-refractivity contribution >= 4 is 18.2 Å². The molecule has 2 aliphatic rings. The molecule has 2 saturated heterocycles. The largest absolute Gasteiger partial charge is 0.338 e. The molecule has 2 aromatic rings. The Morgan fingerprint density at radius 3 is 2.30 bits per heavy atom. The number of urea groups is 1. The Kier molecular flexibility index (Phi) is 5.26. The predicted molar refractivity (Wildman–Crippen MR) is 111 cm³/mol. The van der Waals surface area contributed by atoms with Gasteiger partial charge in [-0.3, -0.25) is 0 Å². The van der Waals surface area contributed by atoms with Crippen LogP contribution in [0, 0.1) is 0 Å². The lowest BCUT2D eigenvalue weighted by atomic mass is 9.72. The fourth-order valence-corrected chi connectivity index (χ4v) is 4.23. The molecule has 0 saturated carbocycles. The third-order valence-corrected chi connectivity index (χ3v) is 5.60. The minimum Gasteiger partial charge on any atom is -0.338 e. The third kappa shape index (κ3) is 3.62. The molecule has 3 atom stereocenters. The van der Waals surface area contributed by atoms with Gasteiger partial charge in [0, 0.05) is 25.6 Å². The summed E-state index contributed by atoms with van der Waals surface area (Å²) < 4.78 is 0. The summed E-state index contributed by atoms with van der Waals surface area (Å²) in [6.07, 6.45) is 5.25. The van der Waals surface area contributed by atoms with E-state index >= 15 is 0 Å². The van der Waals surface area contributed by atoms with Gasteiger partial charge in [0.1, 0.15) is 0 Å². The number of nitrogens with one attached hydrogen (secondary N) is 2. The Balaban J connectivity index is 1.44. The predicted octanol–water partition coefficient (Wildman–Crippen LogP) is 3.72.